The summed E-state index contributed by atoms with van der Waals surface area (Å²) >= 11 is 0. The largest absolute Gasteiger partial charge is 0.455 e. The van der Waals surface area contributed by atoms with Gasteiger partial charge in [-0.05, 0) is 94.3 Å². The lowest BCUT2D eigenvalue weighted by atomic mass is 9.96. The van der Waals surface area contributed by atoms with Crippen LogP contribution in [0.15, 0.2) is 191 Å². The van der Waals surface area contributed by atoms with Gasteiger partial charge in [-0.15, -0.1) is 0 Å². The predicted octanol–water partition coefficient (Wildman–Crippen LogP) is 13.4. The number of fused-ring (bicyclic) bond motifs is 6. The number of rotatable bonds is 6. The van der Waals surface area contributed by atoms with Crippen molar-refractivity contribution in [3.8, 4) is 33.7 Å². The molecule has 51 heavy (non-hydrogen) atoms. The van der Waals surface area contributed by atoms with Gasteiger partial charge in [0.25, 0.3) is 0 Å². The van der Waals surface area contributed by atoms with Crippen molar-refractivity contribution in [2.24, 2.45) is 0 Å². The highest BCUT2D eigenvalue weighted by atomic mass is 16.3. The van der Waals surface area contributed by atoms with Crippen molar-refractivity contribution in [3.63, 3.8) is 0 Å². The topological polar surface area (TPSA) is 42.4 Å². The number of para-hydroxylation sites is 3. The standard InChI is InChI=1S/C47H30N2O2/c1-3-11-31(12-4-1)32-21-25-35(26-22-32)49(34-13-5-2-6-14-34)36-27-23-33(24-28-36)37-15-9-16-39-38(37)29-30-40-45-41(17-10-20-44(45)50-46(39)40)47-48-42-18-7-8-19-43(42)51-47/h1-30H/i2D,5D,6D,7D,8D,13D,14D,18D,19D. The Labute approximate surface area is 307 Å². The Morgan fingerprint density at radius 2 is 1.12 bits per heavy atom. The second kappa shape index (κ2) is 11.9. The molecule has 0 N–H and O–H groups in total. The normalized spacial score (nSPS) is 14.0. The average molecular weight is 664 g/mol. The molecule has 2 aromatic heterocycles. The van der Waals surface area contributed by atoms with Crippen LogP contribution in [0, 0.1) is 0 Å². The van der Waals surface area contributed by atoms with E-state index in [4.69, 9.17) is 21.2 Å². The van der Waals surface area contributed by atoms with Gasteiger partial charge in [0.1, 0.15) is 16.7 Å². The van der Waals surface area contributed by atoms with E-state index in [1.807, 2.05) is 127 Å². The first kappa shape index (κ1) is 21.2. The maximum atomic E-state index is 8.87. The molecule has 0 saturated heterocycles. The fourth-order valence-electron chi connectivity index (χ4n) is 6.84. The van der Waals surface area contributed by atoms with Crippen LogP contribution in [0.1, 0.15) is 12.3 Å². The maximum Gasteiger partial charge on any atom is 0.228 e. The Morgan fingerprint density at radius 3 is 1.92 bits per heavy atom. The highest BCUT2D eigenvalue weighted by molar-refractivity contribution is 6.20. The molecule has 4 nitrogen and oxygen atoms in total. The van der Waals surface area contributed by atoms with Crippen molar-refractivity contribution >= 4 is 60.9 Å². The summed E-state index contributed by atoms with van der Waals surface area (Å²) in [6.45, 7) is 0. The third-order valence-electron chi connectivity index (χ3n) is 9.18. The summed E-state index contributed by atoms with van der Waals surface area (Å²) in [7, 11) is 0. The lowest BCUT2D eigenvalue weighted by molar-refractivity contribution is 0.620. The van der Waals surface area contributed by atoms with Crippen LogP contribution in [-0.2, 0) is 0 Å². The molecule has 0 spiro atoms. The molecule has 0 atom stereocenters. The van der Waals surface area contributed by atoms with Crippen LogP contribution in [0.5, 0.6) is 0 Å². The van der Waals surface area contributed by atoms with Gasteiger partial charge in [0, 0.05) is 38.8 Å². The Balaban J connectivity index is 1.08. The number of furan rings is 1. The zero-order valence-corrected chi connectivity index (χ0v) is 26.8. The first-order valence-electron chi connectivity index (χ1n) is 20.9. The van der Waals surface area contributed by atoms with Crippen LogP contribution >= 0.6 is 0 Å². The molecule has 0 saturated carbocycles. The summed E-state index contributed by atoms with van der Waals surface area (Å²) in [4.78, 5) is 6.22. The van der Waals surface area contributed by atoms with Crippen LogP contribution in [0.3, 0.4) is 0 Å². The number of nitrogens with zero attached hydrogens (tertiary/aromatic N) is 2. The van der Waals surface area contributed by atoms with Gasteiger partial charge < -0.3 is 13.7 Å². The van der Waals surface area contributed by atoms with E-state index in [0.29, 0.717) is 28.1 Å². The van der Waals surface area contributed by atoms with E-state index in [1.165, 1.54) is 0 Å². The number of anilines is 3. The maximum absolute atomic E-state index is 8.87. The molecule has 0 fully saturated rings. The number of aromatic nitrogens is 1. The van der Waals surface area contributed by atoms with Gasteiger partial charge in [-0.25, -0.2) is 4.98 Å². The molecule has 0 aliphatic carbocycles. The van der Waals surface area contributed by atoms with Crippen molar-refractivity contribution < 1.29 is 21.2 Å². The molecule has 8 aromatic carbocycles. The molecule has 0 aliphatic heterocycles. The first-order chi connectivity index (χ1) is 29.0. The Bertz CT molecular complexity index is 3290. The Kier molecular flexibility index (Phi) is 4.96. The molecular weight excluding hydrogens is 625 g/mol. The van der Waals surface area contributed by atoms with E-state index in [2.05, 4.69) is 4.98 Å². The van der Waals surface area contributed by atoms with Crippen LogP contribution < -0.4 is 4.90 Å². The molecule has 2 heterocycles. The monoisotopic (exact) mass is 663 g/mol. The second-order valence-corrected chi connectivity index (χ2v) is 12.1. The third kappa shape index (κ3) is 4.96. The van der Waals surface area contributed by atoms with E-state index in [0.717, 1.165) is 43.8 Å². The molecule has 240 valence electrons. The number of hydrogen-bond donors (Lipinski definition) is 0. The van der Waals surface area contributed by atoms with E-state index >= 15 is 0 Å². The van der Waals surface area contributed by atoms with Crippen LogP contribution in [0.2, 0.25) is 0 Å². The Hall–Kier alpha value is -6.91. The number of oxazole rings is 1. The summed E-state index contributed by atoms with van der Waals surface area (Å²) in [5.41, 5.74) is 6.92. The summed E-state index contributed by atoms with van der Waals surface area (Å²) in [6.07, 6.45) is 0. The fourth-order valence-corrected chi connectivity index (χ4v) is 6.84. The van der Waals surface area contributed by atoms with Gasteiger partial charge >= 0.3 is 0 Å². The molecule has 0 bridgehead atoms. The first-order valence-corrected chi connectivity index (χ1v) is 16.4. The smallest absolute Gasteiger partial charge is 0.228 e. The minimum atomic E-state index is -0.461. The van der Waals surface area contributed by atoms with E-state index in [9.17, 15) is 0 Å². The van der Waals surface area contributed by atoms with Crippen LogP contribution in [0.4, 0.5) is 17.1 Å². The predicted molar refractivity (Wildman–Crippen MR) is 210 cm³/mol. The van der Waals surface area contributed by atoms with Crippen LogP contribution in [-0.4, -0.2) is 4.98 Å². The number of hydrogen-bond acceptors (Lipinski definition) is 4. The SMILES string of the molecule is [2H]c1c([2H])c([2H])c(N(c2ccc(-c3ccccc3)cc2)c2ccc(-c3cccc4c3ccc3c4oc4cccc(-c5nc6c([2H])c([2H])c([2H])c([2H])c6o5)c43)cc2)c([2H])c1[2H]. The lowest BCUT2D eigenvalue weighted by Crippen LogP contribution is -2.09. The molecule has 0 aliphatic rings. The molecule has 0 unspecified atom stereocenters. The van der Waals surface area contributed by atoms with Crippen LogP contribution in [0.25, 0.3) is 77.5 Å². The minimum Gasteiger partial charge on any atom is -0.455 e. The molecule has 10 rings (SSSR count). The van der Waals surface area contributed by atoms with Gasteiger partial charge in [0.15, 0.2) is 5.58 Å². The molecular formula is C47H30N2O2. The highest BCUT2D eigenvalue weighted by Gasteiger charge is 2.19. The lowest BCUT2D eigenvalue weighted by Gasteiger charge is -2.26. The van der Waals surface area contributed by atoms with Crippen molar-refractivity contribution in [1.29, 1.82) is 0 Å². The van der Waals surface area contributed by atoms with Crippen molar-refractivity contribution in [2.75, 3.05) is 4.90 Å². The van der Waals surface area contributed by atoms with Gasteiger partial charge in [0.2, 0.25) is 5.89 Å². The molecule has 4 heteroatoms. The molecule has 10 aromatic rings. The summed E-state index contributed by atoms with van der Waals surface area (Å²) in [5.74, 6) is 0.157. The van der Waals surface area contributed by atoms with E-state index < -0.39 is 18.1 Å². The number of benzene rings is 8. The van der Waals surface area contributed by atoms with E-state index in [1.54, 1.807) is 4.90 Å². The zero-order chi connectivity index (χ0) is 41.6. The van der Waals surface area contributed by atoms with Crippen molar-refractivity contribution in [1.82, 2.24) is 4.98 Å². The Morgan fingerprint density at radius 1 is 0.451 bits per heavy atom. The zero-order valence-electron chi connectivity index (χ0n) is 35.8. The fraction of sp³-hybridized carbons (Fsp3) is 0. The van der Waals surface area contributed by atoms with Gasteiger partial charge in [-0.1, -0.05) is 115 Å². The molecule has 0 amide bonds. The van der Waals surface area contributed by atoms with Crippen molar-refractivity contribution in [2.45, 2.75) is 0 Å². The third-order valence-corrected chi connectivity index (χ3v) is 9.18. The summed E-state index contributed by atoms with van der Waals surface area (Å²) < 4.78 is 88.3. The average Bonchev–Trinajstić information content (AvgIpc) is 3.91. The van der Waals surface area contributed by atoms with Crippen molar-refractivity contribution in [3.05, 3.63) is 182 Å². The van der Waals surface area contributed by atoms with Gasteiger partial charge in [-0.3, -0.25) is 0 Å². The summed E-state index contributed by atoms with van der Waals surface area (Å²) in [5, 5.41) is 3.31. The summed E-state index contributed by atoms with van der Waals surface area (Å²) in [6, 6.07) is 37.4. The second-order valence-electron chi connectivity index (χ2n) is 12.1. The van der Waals surface area contributed by atoms with Gasteiger partial charge in [-0.2, -0.15) is 0 Å². The molecule has 0 radical (unpaired) electrons. The quantitative estimate of drug-likeness (QED) is 0.178. The minimum absolute atomic E-state index is 0.0145. The van der Waals surface area contributed by atoms with Gasteiger partial charge in [0.05, 0.1) is 12.3 Å². The highest BCUT2D eigenvalue weighted by Crippen LogP contribution is 2.42. The van der Waals surface area contributed by atoms with E-state index in [-0.39, 0.29) is 58.9 Å².